The third kappa shape index (κ3) is 8.90. The molecule has 0 amide bonds. The fourth-order valence-electron chi connectivity index (χ4n) is 3.72. The van der Waals surface area contributed by atoms with Crippen molar-refractivity contribution in [1.29, 1.82) is 0 Å². The number of hydrogen-bond acceptors (Lipinski definition) is 2. The first-order valence-corrected chi connectivity index (χ1v) is 11.5. The first-order chi connectivity index (χ1) is 13.8. The average molecular weight is 386 g/mol. The summed E-state index contributed by atoms with van der Waals surface area (Å²) in [5.41, 5.74) is 0. The Morgan fingerprint density at radius 1 is 0.857 bits per heavy atom. The minimum Gasteiger partial charge on any atom is -0.868 e. The maximum Gasteiger partial charge on any atom is 0.250 e. The zero-order valence-corrected chi connectivity index (χ0v) is 17.8. The van der Waals surface area contributed by atoms with Crippen LogP contribution in [0.5, 0.6) is 5.75 Å². The fourth-order valence-corrected chi connectivity index (χ4v) is 3.72. The largest absolute Gasteiger partial charge is 0.868 e. The van der Waals surface area contributed by atoms with Crippen molar-refractivity contribution >= 4 is 0 Å². The summed E-state index contributed by atoms with van der Waals surface area (Å²) in [6.07, 6.45) is 26.9. The van der Waals surface area contributed by atoms with Crippen LogP contribution in [0.15, 0.2) is 37.1 Å². The number of aryl methyl sites for hydroxylation is 1. The Hall–Kier alpha value is -1.84. The molecule has 0 saturated carbocycles. The van der Waals surface area contributed by atoms with Gasteiger partial charge in [-0.25, -0.2) is 9.55 Å². The van der Waals surface area contributed by atoms with E-state index in [1.165, 1.54) is 89.9 Å². The van der Waals surface area contributed by atoms with Gasteiger partial charge in [0.2, 0.25) is 12.1 Å². The van der Waals surface area contributed by atoms with E-state index in [0.29, 0.717) is 5.82 Å². The lowest BCUT2D eigenvalue weighted by atomic mass is 10.0. The van der Waals surface area contributed by atoms with Crippen LogP contribution in [0.3, 0.4) is 0 Å². The molecule has 0 spiro atoms. The summed E-state index contributed by atoms with van der Waals surface area (Å²) in [5, 5.41) is 11.8. The Labute approximate surface area is 171 Å². The van der Waals surface area contributed by atoms with Crippen LogP contribution in [-0.2, 0) is 6.54 Å². The van der Waals surface area contributed by atoms with Crippen molar-refractivity contribution in [2.75, 3.05) is 0 Å². The van der Waals surface area contributed by atoms with E-state index in [0.717, 1.165) is 6.54 Å². The van der Waals surface area contributed by atoms with E-state index < -0.39 is 0 Å². The standard InChI is InChI=1S/C24H39N3O/c1-2-3-4-5-6-7-8-9-10-11-12-13-14-15-19-26-20-21-27(22-26)24-23(28)17-16-18-25-24/h16-18,20-22H,2-15,19H2,1H3. The van der Waals surface area contributed by atoms with Gasteiger partial charge in [-0.15, -0.1) is 0 Å². The highest BCUT2D eigenvalue weighted by atomic mass is 16.3. The smallest absolute Gasteiger partial charge is 0.250 e. The van der Waals surface area contributed by atoms with Crippen molar-refractivity contribution in [3.63, 3.8) is 0 Å². The molecule has 4 nitrogen and oxygen atoms in total. The number of unbranched alkanes of at least 4 members (excludes halogenated alkanes) is 13. The highest BCUT2D eigenvalue weighted by molar-refractivity contribution is 5.36. The molecule has 0 fully saturated rings. The van der Waals surface area contributed by atoms with Gasteiger partial charge < -0.3 is 5.11 Å². The topological polar surface area (TPSA) is 44.8 Å². The molecule has 2 aromatic rings. The number of nitrogens with zero attached hydrogens (tertiary/aromatic N) is 3. The predicted molar refractivity (Wildman–Crippen MR) is 114 cm³/mol. The van der Waals surface area contributed by atoms with Gasteiger partial charge >= 0.3 is 0 Å². The second kappa shape index (κ2) is 14.2. The summed E-state index contributed by atoms with van der Waals surface area (Å²) in [4.78, 5) is 4.17. The SMILES string of the molecule is CCCCCCCCCCCCCCCC[n+]1ccn(-c2ncccc2[O-])c1. The molecule has 28 heavy (non-hydrogen) atoms. The minimum absolute atomic E-state index is 0.0401. The molecule has 0 unspecified atom stereocenters. The molecular weight excluding hydrogens is 346 g/mol. The van der Waals surface area contributed by atoms with Crippen LogP contribution < -0.4 is 9.67 Å². The van der Waals surface area contributed by atoms with E-state index >= 15 is 0 Å². The highest BCUT2D eigenvalue weighted by Gasteiger charge is 2.07. The van der Waals surface area contributed by atoms with Crippen molar-refractivity contribution in [3.05, 3.63) is 37.1 Å². The van der Waals surface area contributed by atoms with Gasteiger partial charge in [-0.05, 0) is 24.7 Å². The zero-order chi connectivity index (χ0) is 19.9. The Balaban J connectivity index is 1.44. The molecule has 0 bridgehead atoms. The number of aromatic nitrogens is 3. The summed E-state index contributed by atoms with van der Waals surface area (Å²) in [6, 6.07) is 3.23. The second-order valence-electron chi connectivity index (χ2n) is 7.98. The number of pyridine rings is 1. The first kappa shape index (κ1) is 22.4. The molecule has 0 N–H and O–H groups in total. The fraction of sp³-hybridized carbons (Fsp3) is 0.667. The lowest BCUT2D eigenvalue weighted by Gasteiger charge is -2.06. The van der Waals surface area contributed by atoms with Crippen molar-refractivity contribution in [2.24, 2.45) is 0 Å². The summed E-state index contributed by atoms with van der Waals surface area (Å²) in [7, 11) is 0. The van der Waals surface area contributed by atoms with Crippen molar-refractivity contribution in [3.8, 4) is 11.6 Å². The monoisotopic (exact) mass is 385 g/mol. The van der Waals surface area contributed by atoms with Crippen LogP contribution in [0.1, 0.15) is 96.8 Å². The van der Waals surface area contributed by atoms with Gasteiger partial charge in [0.05, 0.1) is 6.54 Å². The second-order valence-corrected chi connectivity index (χ2v) is 7.98. The van der Waals surface area contributed by atoms with E-state index in [1.807, 2.05) is 23.3 Å². The van der Waals surface area contributed by atoms with Crippen molar-refractivity contribution in [1.82, 2.24) is 9.55 Å². The molecule has 4 heteroatoms. The van der Waals surface area contributed by atoms with Crippen LogP contribution in [0.25, 0.3) is 5.82 Å². The number of imidazole rings is 1. The lowest BCUT2D eigenvalue weighted by Crippen LogP contribution is -2.30. The minimum atomic E-state index is -0.0401. The van der Waals surface area contributed by atoms with Gasteiger partial charge in [-0.2, -0.15) is 4.57 Å². The van der Waals surface area contributed by atoms with Crippen molar-refractivity contribution in [2.45, 2.75) is 103 Å². The maximum absolute atomic E-state index is 11.8. The van der Waals surface area contributed by atoms with Gasteiger partial charge in [0.1, 0.15) is 12.4 Å². The van der Waals surface area contributed by atoms with Gasteiger partial charge in [0.25, 0.3) is 0 Å². The van der Waals surface area contributed by atoms with Gasteiger partial charge in [-0.3, -0.25) is 0 Å². The van der Waals surface area contributed by atoms with Crippen LogP contribution in [-0.4, -0.2) is 9.55 Å². The summed E-state index contributed by atoms with van der Waals surface area (Å²) >= 11 is 0. The van der Waals surface area contributed by atoms with Crippen LogP contribution in [0.2, 0.25) is 0 Å². The molecule has 2 rings (SSSR count). The third-order valence-corrected chi connectivity index (χ3v) is 5.46. The quantitative estimate of drug-likeness (QED) is 0.274. The summed E-state index contributed by atoms with van der Waals surface area (Å²) < 4.78 is 3.96. The molecule has 0 aliphatic heterocycles. The molecule has 156 valence electrons. The molecular formula is C24H39N3O. The third-order valence-electron chi connectivity index (χ3n) is 5.46. The van der Waals surface area contributed by atoms with E-state index in [-0.39, 0.29) is 5.75 Å². The Morgan fingerprint density at radius 3 is 2.00 bits per heavy atom. The normalized spacial score (nSPS) is 11.2. The predicted octanol–water partition coefficient (Wildman–Crippen LogP) is 5.71. The number of rotatable bonds is 16. The van der Waals surface area contributed by atoms with Crippen molar-refractivity contribution < 1.29 is 9.67 Å². The van der Waals surface area contributed by atoms with E-state index in [2.05, 4.69) is 16.5 Å². The molecule has 0 aliphatic carbocycles. The lowest BCUT2D eigenvalue weighted by molar-refractivity contribution is -0.696. The molecule has 0 aliphatic rings. The van der Waals surface area contributed by atoms with Gasteiger partial charge in [-0.1, -0.05) is 90.0 Å². The van der Waals surface area contributed by atoms with E-state index in [9.17, 15) is 5.11 Å². The van der Waals surface area contributed by atoms with Crippen LogP contribution in [0.4, 0.5) is 0 Å². The highest BCUT2D eigenvalue weighted by Crippen LogP contribution is 2.14. The Morgan fingerprint density at radius 2 is 1.43 bits per heavy atom. The van der Waals surface area contributed by atoms with E-state index in [4.69, 9.17) is 0 Å². The van der Waals surface area contributed by atoms with E-state index in [1.54, 1.807) is 18.3 Å². The Bertz CT molecular complexity index is 638. The molecule has 2 aromatic heterocycles. The molecule has 0 radical (unpaired) electrons. The summed E-state index contributed by atoms with van der Waals surface area (Å²) in [5.74, 6) is 0.434. The Kier molecular flexibility index (Phi) is 11.4. The average Bonchev–Trinajstić information content (AvgIpc) is 3.17. The van der Waals surface area contributed by atoms with Crippen LogP contribution >= 0.6 is 0 Å². The number of hydrogen-bond donors (Lipinski definition) is 0. The van der Waals surface area contributed by atoms with Crippen LogP contribution in [0, 0.1) is 0 Å². The first-order valence-electron chi connectivity index (χ1n) is 11.5. The molecule has 0 aromatic carbocycles. The molecule has 2 heterocycles. The molecule has 0 saturated heterocycles. The maximum atomic E-state index is 11.8. The summed E-state index contributed by atoms with van der Waals surface area (Å²) in [6.45, 7) is 3.29. The van der Waals surface area contributed by atoms with Gasteiger partial charge in [0.15, 0.2) is 0 Å². The zero-order valence-electron chi connectivity index (χ0n) is 17.8. The van der Waals surface area contributed by atoms with Gasteiger partial charge in [0, 0.05) is 6.20 Å². The molecule has 0 atom stereocenters.